The van der Waals surface area contributed by atoms with E-state index in [4.69, 9.17) is 4.74 Å². The van der Waals surface area contributed by atoms with E-state index in [1.165, 1.54) is 5.56 Å². The molecule has 20 heavy (non-hydrogen) atoms. The fourth-order valence-corrected chi connectivity index (χ4v) is 1.80. The Bertz CT molecular complexity index is 408. The van der Waals surface area contributed by atoms with E-state index in [2.05, 4.69) is 64.0 Å². The average molecular weight is 278 g/mol. The number of aryl methyl sites for hydroxylation is 1. The Labute approximate surface area is 124 Å². The van der Waals surface area contributed by atoms with Gasteiger partial charge in [-0.2, -0.15) is 0 Å². The van der Waals surface area contributed by atoms with Crippen molar-refractivity contribution in [2.24, 2.45) is 5.92 Å². The van der Waals surface area contributed by atoms with Crippen LogP contribution < -0.4 is 10.1 Å². The van der Waals surface area contributed by atoms with Crippen molar-refractivity contribution in [1.82, 2.24) is 10.3 Å². The summed E-state index contributed by atoms with van der Waals surface area (Å²) < 4.78 is 5.79. The molecule has 1 heterocycles. The first-order valence-electron chi connectivity index (χ1n) is 7.68. The fourth-order valence-electron chi connectivity index (χ4n) is 1.80. The Morgan fingerprint density at radius 1 is 1.25 bits per heavy atom. The third-order valence-corrected chi connectivity index (χ3v) is 2.81. The molecule has 0 fully saturated rings. The highest BCUT2D eigenvalue weighted by atomic mass is 16.5. The molecule has 0 spiro atoms. The van der Waals surface area contributed by atoms with E-state index >= 15 is 0 Å². The minimum Gasteiger partial charge on any atom is -0.477 e. The summed E-state index contributed by atoms with van der Waals surface area (Å²) >= 11 is 0. The van der Waals surface area contributed by atoms with Crippen LogP contribution in [0.25, 0.3) is 0 Å². The topological polar surface area (TPSA) is 34.1 Å². The standard InChI is InChI=1S/C17H30N2O/c1-7-8-15-9-14(11-18-17(4,5)6)10-16(19-15)20-12-13(2)3/h9-10,13,18H,7-8,11-12H2,1-6H3. The molecule has 3 heteroatoms. The second-order valence-corrected chi connectivity index (χ2v) is 6.86. The van der Waals surface area contributed by atoms with Gasteiger partial charge in [-0.3, -0.25) is 0 Å². The predicted octanol–water partition coefficient (Wildman–Crippen LogP) is 3.96. The molecule has 0 saturated carbocycles. The smallest absolute Gasteiger partial charge is 0.213 e. The van der Waals surface area contributed by atoms with Gasteiger partial charge >= 0.3 is 0 Å². The summed E-state index contributed by atoms with van der Waals surface area (Å²) in [6.07, 6.45) is 2.11. The highest BCUT2D eigenvalue weighted by Gasteiger charge is 2.10. The van der Waals surface area contributed by atoms with Crippen molar-refractivity contribution >= 4 is 0 Å². The number of nitrogens with zero attached hydrogens (tertiary/aromatic N) is 1. The highest BCUT2D eigenvalue weighted by molar-refractivity contribution is 5.25. The molecule has 0 aromatic carbocycles. The van der Waals surface area contributed by atoms with Crippen LogP contribution in [-0.2, 0) is 13.0 Å². The number of hydrogen-bond donors (Lipinski definition) is 1. The summed E-state index contributed by atoms with van der Waals surface area (Å²) in [5.41, 5.74) is 2.49. The molecule has 0 amide bonds. The lowest BCUT2D eigenvalue weighted by Gasteiger charge is -2.21. The monoisotopic (exact) mass is 278 g/mol. The summed E-state index contributed by atoms with van der Waals surface area (Å²) in [6, 6.07) is 4.24. The molecule has 1 N–H and O–H groups in total. The Balaban J connectivity index is 2.81. The van der Waals surface area contributed by atoms with Crippen molar-refractivity contribution < 1.29 is 4.74 Å². The Morgan fingerprint density at radius 2 is 1.95 bits per heavy atom. The predicted molar refractivity (Wildman–Crippen MR) is 85.2 cm³/mol. The molecule has 0 saturated heterocycles. The molecule has 0 atom stereocenters. The molecule has 0 unspecified atom stereocenters. The van der Waals surface area contributed by atoms with E-state index in [1.807, 2.05) is 0 Å². The summed E-state index contributed by atoms with van der Waals surface area (Å²) in [7, 11) is 0. The van der Waals surface area contributed by atoms with Crippen molar-refractivity contribution in [3.8, 4) is 5.88 Å². The first-order valence-corrected chi connectivity index (χ1v) is 7.68. The van der Waals surface area contributed by atoms with Gasteiger partial charge in [-0.15, -0.1) is 0 Å². The third-order valence-electron chi connectivity index (χ3n) is 2.81. The number of ether oxygens (including phenoxy) is 1. The van der Waals surface area contributed by atoms with Crippen LogP contribution in [0, 0.1) is 5.92 Å². The Morgan fingerprint density at radius 3 is 2.50 bits per heavy atom. The van der Waals surface area contributed by atoms with Gasteiger partial charge in [-0.1, -0.05) is 27.2 Å². The van der Waals surface area contributed by atoms with Crippen molar-refractivity contribution in [2.75, 3.05) is 6.61 Å². The lowest BCUT2D eigenvalue weighted by molar-refractivity contribution is 0.260. The van der Waals surface area contributed by atoms with E-state index < -0.39 is 0 Å². The summed E-state index contributed by atoms with van der Waals surface area (Å²) in [4.78, 5) is 4.59. The van der Waals surface area contributed by atoms with Gasteiger partial charge in [-0.05, 0) is 44.7 Å². The molecule has 0 aliphatic heterocycles. The Kier molecular flexibility index (Phi) is 6.47. The van der Waals surface area contributed by atoms with Crippen LogP contribution in [0.3, 0.4) is 0 Å². The molecule has 1 rings (SSSR count). The molecule has 1 aromatic rings. The SMILES string of the molecule is CCCc1cc(CNC(C)(C)C)cc(OCC(C)C)n1. The molecule has 0 aliphatic carbocycles. The summed E-state index contributed by atoms with van der Waals surface area (Å²) in [5, 5.41) is 3.52. The normalized spacial score (nSPS) is 11.9. The Hall–Kier alpha value is -1.09. The van der Waals surface area contributed by atoms with Gasteiger partial charge in [0.2, 0.25) is 5.88 Å². The van der Waals surface area contributed by atoms with Gasteiger partial charge in [-0.25, -0.2) is 4.98 Å². The van der Waals surface area contributed by atoms with Gasteiger partial charge in [0, 0.05) is 23.8 Å². The molecule has 0 aliphatic rings. The minimum atomic E-state index is 0.118. The number of nitrogens with one attached hydrogen (secondary N) is 1. The highest BCUT2D eigenvalue weighted by Crippen LogP contribution is 2.16. The van der Waals surface area contributed by atoms with Crippen LogP contribution in [0.5, 0.6) is 5.88 Å². The van der Waals surface area contributed by atoms with Crippen LogP contribution in [0.15, 0.2) is 12.1 Å². The molecule has 114 valence electrons. The van der Waals surface area contributed by atoms with E-state index in [-0.39, 0.29) is 5.54 Å². The maximum Gasteiger partial charge on any atom is 0.213 e. The number of aromatic nitrogens is 1. The largest absolute Gasteiger partial charge is 0.477 e. The molecule has 0 radical (unpaired) electrons. The maximum atomic E-state index is 5.79. The molecule has 0 bridgehead atoms. The van der Waals surface area contributed by atoms with Crippen molar-refractivity contribution in [3.05, 3.63) is 23.4 Å². The van der Waals surface area contributed by atoms with Crippen LogP contribution in [0.2, 0.25) is 0 Å². The summed E-state index contributed by atoms with van der Waals surface area (Å²) in [5.74, 6) is 1.28. The van der Waals surface area contributed by atoms with Gasteiger partial charge < -0.3 is 10.1 Å². The number of pyridine rings is 1. The number of rotatable bonds is 7. The zero-order valence-corrected chi connectivity index (χ0v) is 13.9. The lowest BCUT2D eigenvalue weighted by Crippen LogP contribution is -2.35. The third kappa shape index (κ3) is 6.90. The van der Waals surface area contributed by atoms with E-state index in [1.54, 1.807) is 0 Å². The molecule has 3 nitrogen and oxygen atoms in total. The fraction of sp³-hybridized carbons (Fsp3) is 0.706. The molecular formula is C17H30N2O. The minimum absolute atomic E-state index is 0.118. The van der Waals surface area contributed by atoms with Gasteiger partial charge in [0.25, 0.3) is 0 Å². The number of hydrogen-bond acceptors (Lipinski definition) is 3. The average Bonchev–Trinajstić information content (AvgIpc) is 2.33. The van der Waals surface area contributed by atoms with Crippen molar-refractivity contribution in [3.63, 3.8) is 0 Å². The van der Waals surface area contributed by atoms with E-state index in [0.29, 0.717) is 12.5 Å². The van der Waals surface area contributed by atoms with Gasteiger partial charge in [0.05, 0.1) is 6.61 Å². The second-order valence-electron chi connectivity index (χ2n) is 6.86. The summed E-state index contributed by atoms with van der Waals surface area (Å²) in [6.45, 7) is 14.6. The van der Waals surface area contributed by atoms with E-state index in [9.17, 15) is 0 Å². The zero-order valence-electron chi connectivity index (χ0n) is 13.9. The lowest BCUT2D eigenvalue weighted by atomic mass is 10.1. The van der Waals surface area contributed by atoms with Crippen LogP contribution in [0.4, 0.5) is 0 Å². The quantitative estimate of drug-likeness (QED) is 0.820. The van der Waals surface area contributed by atoms with Crippen molar-refractivity contribution in [1.29, 1.82) is 0 Å². The zero-order chi connectivity index (χ0) is 15.2. The van der Waals surface area contributed by atoms with Gasteiger partial charge in [0.15, 0.2) is 0 Å². The van der Waals surface area contributed by atoms with Crippen molar-refractivity contribution in [2.45, 2.75) is 66.5 Å². The van der Waals surface area contributed by atoms with Gasteiger partial charge in [0.1, 0.15) is 0 Å². The maximum absolute atomic E-state index is 5.79. The van der Waals surface area contributed by atoms with E-state index in [0.717, 1.165) is 31.0 Å². The molecular weight excluding hydrogens is 248 g/mol. The first-order chi connectivity index (χ1) is 9.30. The van der Waals surface area contributed by atoms with Crippen LogP contribution in [-0.4, -0.2) is 17.1 Å². The van der Waals surface area contributed by atoms with Crippen LogP contribution >= 0.6 is 0 Å². The molecule has 1 aromatic heterocycles. The first kappa shape index (κ1) is 17.0. The second kappa shape index (κ2) is 7.63. The van der Waals surface area contributed by atoms with Crippen LogP contribution in [0.1, 0.15) is 59.2 Å².